The van der Waals surface area contributed by atoms with Crippen LogP contribution in [-0.4, -0.2) is 29.8 Å². The third-order valence-electron chi connectivity index (χ3n) is 3.75. The molecule has 8 heteroatoms. The zero-order valence-electron chi connectivity index (χ0n) is 14.4. The molecular formula is C19H16F3N3O2. The molecule has 2 aromatic carbocycles. The number of nitriles is 1. The lowest BCUT2D eigenvalue weighted by atomic mass is 10.1. The predicted octanol–water partition coefficient (Wildman–Crippen LogP) is 3.68. The van der Waals surface area contributed by atoms with Gasteiger partial charge in [-0.2, -0.15) is 18.4 Å². The van der Waals surface area contributed by atoms with Crippen molar-refractivity contribution < 1.29 is 22.8 Å². The summed E-state index contributed by atoms with van der Waals surface area (Å²) < 4.78 is 39.0. The molecule has 0 unspecified atom stereocenters. The highest BCUT2D eigenvalue weighted by atomic mass is 19.4. The molecule has 5 nitrogen and oxygen atoms in total. The van der Waals surface area contributed by atoms with Crippen molar-refractivity contribution in [2.75, 3.05) is 18.4 Å². The molecule has 0 bridgehead atoms. The first-order valence-corrected chi connectivity index (χ1v) is 8.01. The van der Waals surface area contributed by atoms with Gasteiger partial charge in [0.25, 0.3) is 5.91 Å². The van der Waals surface area contributed by atoms with Gasteiger partial charge in [0, 0.05) is 12.1 Å². The van der Waals surface area contributed by atoms with E-state index in [2.05, 4.69) is 5.32 Å². The number of hydrogen-bond acceptors (Lipinski definition) is 3. The van der Waals surface area contributed by atoms with E-state index in [1.807, 2.05) is 6.07 Å². The molecule has 0 fully saturated rings. The van der Waals surface area contributed by atoms with Crippen molar-refractivity contribution in [2.45, 2.75) is 13.1 Å². The number of hydrogen-bond donors (Lipinski definition) is 1. The number of carbonyl (C=O) groups excluding carboxylic acids is 2. The fourth-order valence-electron chi connectivity index (χ4n) is 2.43. The number of likely N-dealkylation sites (N-methyl/N-ethyl adjacent to an activating group) is 1. The minimum atomic E-state index is -4.61. The second kappa shape index (κ2) is 8.36. The highest BCUT2D eigenvalue weighted by molar-refractivity contribution is 5.99. The van der Waals surface area contributed by atoms with Crippen LogP contribution in [-0.2, 0) is 11.0 Å². The lowest BCUT2D eigenvalue weighted by Crippen LogP contribution is -2.38. The Bertz CT molecular complexity index is 888. The lowest BCUT2D eigenvalue weighted by Gasteiger charge is -2.21. The summed E-state index contributed by atoms with van der Waals surface area (Å²) in [6.45, 7) is 1.39. The van der Waals surface area contributed by atoms with Crippen LogP contribution in [0.2, 0.25) is 0 Å². The van der Waals surface area contributed by atoms with E-state index in [0.717, 1.165) is 12.1 Å². The largest absolute Gasteiger partial charge is 0.418 e. The molecule has 0 atom stereocenters. The normalized spacial score (nSPS) is 10.8. The molecule has 2 aromatic rings. The van der Waals surface area contributed by atoms with Gasteiger partial charge in [-0.15, -0.1) is 0 Å². The molecule has 1 N–H and O–H groups in total. The molecule has 0 heterocycles. The van der Waals surface area contributed by atoms with Crippen LogP contribution in [0.15, 0.2) is 48.5 Å². The molecule has 0 aliphatic heterocycles. The van der Waals surface area contributed by atoms with Gasteiger partial charge in [-0.05, 0) is 37.3 Å². The van der Waals surface area contributed by atoms with Gasteiger partial charge in [0.05, 0.1) is 22.9 Å². The zero-order valence-corrected chi connectivity index (χ0v) is 14.4. The van der Waals surface area contributed by atoms with Gasteiger partial charge in [0.2, 0.25) is 5.91 Å². The Balaban J connectivity index is 2.14. The van der Waals surface area contributed by atoms with Gasteiger partial charge < -0.3 is 10.2 Å². The van der Waals surface area contributed by atoms with E-state index >= 15 is 0 Å². The standard InChI is InChI=1S/C19H16F3N3O2/c1-2-25(18(27)14-7-5-6-13(10-14)11-23)12-17(26)24-16-9-4-3-8-15(16)19(20,21)22/h3-10H,2,12H2,1H3,(H,24,26). The van der Waals surface area contributed by atoms with Crippen LogP contribution in [0.1, 0.15) is 28.4 Å². The van der Waals surface area contributed by atoms with Gasteiger partial charge in [0.1, 0.15) is 6.54 Å². The third kappa shape index (κ3) is 5.07. The summed E-state index contributed by atoms with van der Waals surface area (Å²) in [5.74, 6) is -1.24. The fourth-order valence-corrected chi connectivity index (χ4v) is 2.43. The van der Waals surface area contributed by atoms with Crippen LogP contribution < -0.4 is 5.32 Å². The van der Waals surface area contributed by atoms with E-state index in [1.165, 1.54) is 35.2 Å². The fraction of sp³-hybridized carbons (Fsp3) is 0.211. The number of halogens is 3. The summed E-state index contributed by atoms with van der Waals surface area (Å²) in [5, 5.41) is 11.1. The van der Waals surface area contributed by atoms with Crippen molar-refractivity contribution in [1.82, 2.24) is 4.90 Å². The average Bonchev–Trinajstić information content (AvgIpc) is 2.65. The van der Waals surface area contributed by atoms with Crippen molar-refractivity contribution in [3.8, 4) is 6.07 Å². The van der Waals surface area contributed by atoms with Crippen LogP contribution in [0.5, 0.6) is 0 Å². The Morgan fingerprint density at radius 3 is 2.48 bits per heavy atom. The maximum Gasteiger partial charge on any atom is 0.418 e. The van der Waals surface area contributed by atoms with Crippen LogP contribution in [0, 0.1) is 11.3 Å². The number of alkyl halides is 3. The summed E-state index contributed by atoms with van der Waals surface area (Å²) in [6.07, 6.45) is -4.61. The molecule has 2 rings (SSSR count). The Morgan fingerprint density at radius 2 is 1.85 bits per heavy atom. The Morgan fingerprint density at radius 1 is 1.15 bits per heavy atom. The minimum Gasteiger partial charge on any atom is -0.330 e. The number of carbonyl (C=O) groups is 2. The van der Waals surface area contributed by atoms with E-state index in [-0.39, 0.29) is 17.8 Å². The molecule has 0 saturated heterocycles. The predicted molar refractivity (Wildman–Crippen MR) is 92.8 cm³/mol. The maximum atomic E-state index is 13.0. The van der Waals surface area contributed by atoms with E-state index in [1.54, 1.807) is 13.0 Å². The van der Waals surface area contributed by atoms with Crippen LogP contribution >= 0.6 is 0 Å². The SMILES string of the molecule is CCN(CC(=O)Nc1ccccc1C(F)(F)F)C(=O)c1cccc(C#N)c1. The summed E-state index contributed by atoms with van der Waals surface area (Å²) in [4.78, 5) is 25.9. The number of anilines is 1. The minimum absolute atomic E-state index is 0.171. The van der Waals surface area contributed by atoms with Crippen molar-refractivity contribution in [3.05, 3.63) is 65.2 Å². The first-order chi connectivity index (χ1) is 12.8. The monoisotopic (exact) mass is 375 g/mol. The summed E-state index contributed by atoms with van der Waals surface area (Å²) in [7, 11) is 0. The van der Waals surface area contributed by atoms with E-state index in [9.17, 15) is 22.8 Å². The first-order valence-electron chi connectivity index (χ1n) is 8.01. The van der Waals surface area contributed by atoms with Gasteiger partial charge in [-0.1, -0.05) is 18.2 Å². The highest BCUT2D eigenvalue weighted by Gasteiger charge is 2.33. The summed E-state index contributed by atoms with van der Waals surface area (Å²) in [5.41, 5.74) is -0.820. The number of nitrogens with zero attached hydrogens (tertiary/aromatic N) is 2. The van der Waals surface area contributed by atoms with Gasteiger partial charge >= 0.3 is 6.18 Å². The van der Waals surface area contributed by atoms with Crippen LogP contribution in [0.25, 0.3) is 0 Å². The van der Waals surface area contributed by atoms with Crippen molar-refractivity contribution in [3.63, 3.8) is 0 Å². The van der Waals surface area contributed by atoms with Crippen molar-refractivity contribution in [1.29, 1.82) is 5.26 Å². The number of rotatable bonds is 5. The van der Waals surface area contributed by atoms with E-state index < -0.39 is 30.1 Å². The molecule has 140 valence electrons. The maximum absolute atomic E-state index is 13.0. The van der Waals surface area contributed by atoms with Crippen LogP contribution in [0.3, 0.4) is 0 Å². The molecule has 0 aliphatic rings. The second-order valence-electron chi connectivity index (χ2n) is 5.60. The smallest absolute Gasteiger partial charge is 0.330 e. The van der Waals surface area contributed by atoms with Gasteiger partial charge in [0.15, 0.2) is 0 Å². The molecule has 0 radical (unpaired) electrons. The lowest BCUT2D eigenvalue weighted by molar-refractivity contribution is -0.137. The topological polar surface area (TPSA) is 73.2 Å². The van der Waals surface area contributed by atoms with Crippen LogP contribution in [0.4, 0.5) is 18.9 Å². The Kier molecular flexibility index (Phi) is 6.19. The third-order valence-corrected chi connectivity index (χ3v) is 3.75. The Labute approximate surface area is 154 Å². The van der Waals surface area contributed by atoms with E-state index in [4.69, 9.17) is 5.26 Å². The Hall–Kier alpha value is -3.34. The molecule has 0 spiro atoms. The number of benzene rings is 2. The van der Waals surface area contributed by atoms with E-state index in [0.29, 0.717) is 5.56 Å². The first kappa shape index (κ1) is 20.0. The average molecular weight is 375 g/mol. The molecule has 2 amide bonds. The molecule has 27 heavy (non-hydrogen) atoms. The van der Waals surface area contributed by atoms with Crippen molar-refractivity contribution in [2.24, 2.45) is 0 Å². The number of amides is 2. The zero-order chi connectivity index (χ0) is 20.0. The molecular weight excluding hydrogens is 359 g/mol. The molecule has 0 aliphatic carbocycles. The summed E-state index contributed by atoms with van der Waals surface area (Å²) >= 11 is 0. The summed E-state index contributed by atoms with van der Waals surface area (Å²) in [6, 6.07) is 12.5. The number of para-hydroxylation sites is 1. The molecule has 0 aromatic heterocycles. The van der Waals surface area contributed by atoms with Gasteiger partial charge in [-0.25, -0.2) is 0 Å². The quantitative estimate of drug-likeness (QED) is 0.866. The highest BCUT2D eigenvalue weighted by Crippen LogP contribution is 2.34. The van der Waals surface area contributed by atoms with Crippen molar-refractivity contribution >= 4 is 17.5 Å². The number of nitrogens with one attached hydrogen (secondary N) is 1. The van der Waals surface area contributed by atoms with Gasteiger partial charge in [-0.3, -0.25) is 9.59 Å². The molecule has 0 saturated carbocycles. The second-order valence-corrected chi connectivity index (χ2v) is 5.60.